The number of Topliss-reactive ketones (excluding diaryl/α,β-unsaturated/α-hetero) is 1. The molecule has 1 aliphatic carbocycles. The fraction of sp³-hybridized carbons (Fsp3) is 0.440. The summed E-state index contributed by atoms with van der Waals surface area (Å²) < 4.78 is 0. The second-order valence-corrected chi connectivity index (χ2v) is 9.61. The zero-order chi connectivity index (χ0) is 22.1. The maximum absolute atomic E-state index is 12.5. The Morgan fingerprint density at radius 1 is 1.06 bits per heavy atom. The van der Waals surface area contributed by atoms with E-state index in [9.17, 15) is 9.59 Å². The van der Waals surface area contributed by atoms with Crippen molar-refractivity contribution < 1.29 is 9.59 Å². The summed E-state index contributed by atoms with van der Waals surface area (Å²) in [6.07, 6.45) is 4.05. The van der Waals surface area contributed by atoms with Gasteiger partial charge in [0.1, 0.15) is 6.04 Å². The van der Waals surface area contributed by atoms with Crippen LogP contribution in [0.15, 0.2) is 54.6 Å². The summed E-state index contributed by atoms with van der Waals surface area (Å²) >= 11 is 6.20. The molecule has 2 fully saturated rings. The SMILES string of the molecule is CC1(N2CCN(c3ccccc3)C(C(=O)C=O)C2)CCC(N)(c2cccc(Cl)c2)CC1. The number of carbonyl (C=O) groups excluding carboxylic acids is 2. The Kier molecular flexibility index (Phi) is 6.20. The summed E-state index contributed by atoms with van der Waals surface area (Å²) in [6, 6.07) is 17.3. The van der Waals surface area contributed by atoms with Crippen molar-refractivity contribution in [1.82, 2.24) is 4.90 Å². The van der Waals surface area contributed by atoms with Gasteiger partial charge in [0.15, 0.2) is 6.29 Å². The molecule has 0 spiro atoms. The molecule has 1 heterocycles. The van der Waals surface area contributed by atoms with Crippen molar-refractivity contribution in [1.29, 1.82) is 0 Å². The molecule has 4 rings (SSSR count). The van der Waals surface area contributed by atoms with Crippen molar-refractivity contribution in [2.24, 2.45) is 5.73 Å². The second-order valence-electron chi connectivity index (χ2n) is 9.17. The maximum atomic E-state index is 12.5. The van der Waals surface area contributed by atoms with Crippen molar-refractivity contribution in [3.05, 3.63) is 65.2 Å². The maximum Gasteiger partial charge on any atom is 0.218 e. The monoisotopic (exact) mass is 439 g/mol. The molecule has 2 aromatic carbocycles. The van der Waals surface area contributed by atoms with Crippen molar-refractivity contribution in [3.63, 3.8) is 0 Å². The molecular formula is C25H30ClN3O2. The topological polar surface area (TPSA) is 66.6 Å². The van der Waals surface area contributed by atoms with E-state index in [4.69, 9.17) is 17.3 Å². The minimum Gasteiger partial charge on any atom is -0.358 e. The van der Waals surface area contributed by atoms with Gasteiger partial charge in [-0.15, -0.1) is 0 Å². The van der Waals surface area contributed by atoms with E-state index >= 15 is 0 Å². The van der Waals surface area contributed by atoms with Crippen LogP contribution in [0.3, 0.4) is 0 Å². The largest absolute Gasteiger partial charge is 0.358 e. The highest BCUT2D eigenvalue weighted by atomic mass is 35.5. The Balaban J connectivity index is 1.50. The number of anilines is 1. The molecule has 2 N–H and O–H groups in total. The number of benzene rings is 2. The van der Waals surface area contributed by atoms with Crippen molar-refractivity contribution >= 4 is 29.4 Å². The number of halogens is 1. The Bertz CT molecular complexity index is 941. The van der Waals surface area contributed by atoms with E-state index in [1.54, 1.807) is 0 Å². The van der Waals surface area contributed by atoms with E-state index in [0.29, 0.717) is 24.4 Å². The first-order valence-corrected chi connectivity index (χ1v) is 11.3. The number of nitrogens with two attached hydrogens (primary N) is 1. The number of carbonyl (C=O) groups is 2. The van der Waals surface area contributed by atoms with E-state index in [2.05, 4.69) is 22.8 Å². The van der Waals surface area contributed by atoms with Crippen LogP contribution in [0.1, 0.15) is 38.2 Å². The third-order valence-corrected chi connectivity index (χ3v) is 7.53. The van der Waals surface area contributed by atoms with Gasteiger partial charge in [-0.2, -0.15) is 0 Å². The second kappa shape index (κ2) is 8.73. The summed E-state index contributed by atoms with van der Waals surface area (Å²) in [5, 5.41) is 0.711. The van der Waals surface area contributed by atoms with Gasteiger partial charge in [0.05, 0.1) is 0 Å². The molecule has 164 valence electrons. The van der Waals surface area contributed by atoms with E-state index in [0.717, 1.165) is 43.5 Å². The molecular weight excluding hydrogens is 410 g/mol. The fourth-order valence-corrected chi connectivity index (χ4v) is 5.35. The zero-order valence-electron chi connectivity index (χ0n) is 18.0. The predicted octanol–water partition coefficient (Wildman–Crippen LogP) is 3.79. The van der Waals surface area contributed by atoms with Gasteiger partial charge in [0.2, 0.25) is 5.78 Å². The number of rotatable bonds is 5. The summed E-state index contributed by atoms with van der Waals surface area (Å²) in [4.78, 5) is 28.4. The van der Waals surface area contributed by atoms with Gasteiger partial charge in [0.25, 0.3) is 0 Å². The first-order chi connectivity index (χ1) is 14.8. The van der Waals surface area contributed by atoms with Gasteiger partial charge in [-0.3, -0.25) is 14.5 Å². The summed E-state index contributed by atoms with van der Waals surface area (Å²) in [6.45, 7) is 4.39. The summed E-state index contributed by atoms with van der Waals surface area (Å²) in [5.41, 5.74) is 8.45. The lowest BCUT2D eigenvalue weighted by Gasteiger charge is -2.53. The number of piperazine rings is 1. The standard InChI is InChI=1S/C25H30ClN3O2/c1-24(10-12-25(27,13-11-24)19-6-5-7-20(26)16-19)28-14-15-29(21-8-3-2-4-9-21)22(17-28)23(31)18-30/h2-9,16,18,22H,10-15,17,27H2,1H3. The van der Waals surface area contributed by atoms with Crippen LogP contribution >= 0.6 is 11.6 Å². The third-order valence-electron chi connectivity index (χ3n) is 7.30. The minimum absolute atomic E-state index is 0.0500. The minimum atomic E-state index is -0.456. The first-order valence-electron chi connectivity index (χ1n) is 11.0. The van der Waals surface area contributed by atoms with Crippen LogP contribution in [0, 0.1) is 0 Å². The molecule has 0 amide bonds. The molecule has 1 unspecified atom stereocenters. The van der Waals surface area contributed by atoms with Crippen LogP contribution in [0.4, 0.5) is 5.69 Å². The summed E-state index contributed by atoms with van der Waals surface area (Å²) in [7, 11) is 0. The molecule has 0 radical (unpaired) electrons. The quantitative estimate of drug-likeness (QED) is 0.567. The highest BCUT2D eigenvalue weighted by molar-refractivity contribution is 6.30. The highest BCUT2D eigenvalue weighted by Gasteiger charge is 2.45. The molecule has 1 saturated heterocycles. The lowest BCUT2D eigenvalue weighted by atomic mass is 9.69. The number of para-hydroxylation sites is 1. The number of hydrogen-bond acceptors (Lipinski definition) is 5. The van der Waals surface area contributed by atoms with Crippen LogP contribution in [0.25, 0.3) is 0 Å². The van der Waals surface area contributed by atoms with Crippen LogP contribution in [-0.4, -0.2) is 48.2 Å². The Morgan fingerprint density at radius 2 is 1.77 bits per heavy atom. The molecule has 2 aromatic rings. The lowest BCUT2D eigenvalue weighted by Crippen LogP contribution is -2.64. The van der Waals surface area contributed by atoms with Gasteiger partial charge in [-0.05, 0) is 62.4 Å². The highest BCUT2D eigenvalue weighted by Crippen LogP contribution is 2.43. The average Bonchev–Trinajstić information content (AvgIpc) is 2.81. The van der Waals surface area contributed by atoms with Crippen molar-refractivity contribution in [3.8, 4) is 0 Å². The molecule has 1 atom stereocenters. The van der Waals surface area contributed by atoms with Crippen LogP contribution in [-0.2, 0) is 15.1 Å². The average molecular weight is 440 g/mol. The number of aldehydes is 1. The summed E-state index contributed by atoms with van der Waals surface area (Å²) in [5.74, 6) is -0.361. The van der Waals surface area contributed by atoms with Gasteiger partial charge in [0, 0.05) is 41.4 Å². The molecule has 0 aromatic heterocycles. The van der Waals surface area contributed by atoms with E-state index < -0.39 is 6.04 Å². The zero-order valence-corrected chi connectivity index (χ0v) is 18.7. The number of ketones is 1. The van der Waals surface area contributed by atoms with E-state index in [1.807, 2.05) is 48.5 Å². The van der Waals surface area contributed by atoms with Gasteiger partial charge < -0.3 is 10.6 Å². The Labute approximate surface area is 189 Å². The third kappa shape index (κ3) is 4.40. The van der Waals surface area contributed by atoms with Crippen LogP contribution in [0.2, 0.25) is 5.02 Å². The van der Waals surface area contributed by atoms with Gasteiger partial charge in [-0.25, -0.2) is 0 Å². The lowest BCUT2D eigenvalue weighted by molar-refractivity contribution is -0.131. The first kappa shape index (κ1) is 22.0. The molecule has 1 saturated carbocycles. The molecule has 6 heteroatoms. The number of nitrogens with zero attached hydrogens (tertiary/aromatic N) is 2. The smallest absolute Gasteiger partial charge is 0.218 e. The predicted molar refractivity (Wildman–Crippen MR) is 124 cm³/mol. The van der Waals surface area contributed by atoms with Gasteiger partial charge >= 0.3 is 0 Å². The molecule has 2 aliphatic rings. The molecule has 0 bridgehead atoms. The van der Waals surface area contributed by atoms with E-state index in [-0.39, 0.29) is 16.9 Å². The van der Waals surface area contributed by atoms with Crippen LogP contribution < -0.4 is 10.6 Å². The van der Waals surface area contributed by atoms with Gasteiger partial charge in [-0.1, -0.05) is 41.9 Å². The Hall–Kier alpha value is -2.21. The molecule has 5 nitrogen and oxygen atoms in total. The van der Waals surface area contributed by atoms with Crippen LogP contribution in [0.5, 0.6) is 0 Å². The van der Waals surface area contributed by atoms with Crippen molar-refractivity contribution in [2.45, 2.75) is 49.7 Å². The molecule has 1 aliphatic heterocycles. The van der Waals surface area contributed by atoms with E-state index in [1.165, 1.54) is 0 Å². The Morgan fingerprint density at radius 3 is 2.42 bits per heavy atom. The molecule has 31 heavy (non-hydrogen) atoms. The number of hydrogen-bond donors (Lipinski definition) is 1. The fourth-order valence-electron chi connectivity index (χ4n) is 5.16. The van der Waals surface area contributed by atoms with Crippen molar-refractivity contribution in [2.75, 3.05) is 24.5 Å². The normalized spacial score (nSPS) is 29.5.